The van der Waals surface area contributed by atoms with Gasteiger partial charge in [0, 0.05) is 31.2 Å². The van der Waals surface area contributed by atoms with E-state index in [4.69, 9.17) is 0 Å². The van der Waals surface area contributed by atoms with Crippen LogP contribution in [0.25, 0.3) is 10.9 Å². The number of aromatic nitrogens is 1. The van der Waals surface area contributed by atoms with E-state index in [1.165, 1.54) is 11.0 Å². The lowest BCUT2D eigenvalue weighted by atomic mass is 9.96. The summed E-state index contributed by atoms with van der Waals surface area (Å²) in [5.74, 6) is -1.88. The van der Waals surface area contributed by atoms with E-state index < -0.39 is 35.0 Å². The zero-order chi connectivity index (χ0) is 25.5. The molecule has 1 aromatic heterocycles. The van der Waals surface area contributed by atoms with E-state index in [1.54, 1.807) is 0 Å². The van der Waals surface area contributed by atoms with Gasteiger partial charge in [-0.3, -0.25) is 4.79 Å². The summed E-state index contributed by atoms with van der Waals surface area (Å²) < 4.78 is 30.7. The number of carboxylic acids is 1. The summed E-state index contributed by atoms with van der Waals surface area (Å²) in [5, 5.41) is 22.8. The quantitative estimate of drug-likeness (QED) is 0.629. The second kappa shape index (κ2) is 9.57. The standard InChI is InChI=1S/C23H24F2N4O3.C3H8/c1-2-27-23(4-5-23)12-3-6-28(10-12)20-14(9-26)19-13(7-17(20)25)21(30)15(22(31)32)11-29(19)18-8-16(18)24;1-3-2/h7,11-12,16,18,27H,2-6,8,10H2,1H3,(H,31,32);3H2,1-2H3/t12?,16?,18-;/m1./s1. The van der Waals surface area contributed by atoms with E-state index in [0.717, 1.165) is 38.1 Å². The molecule has 2 aromatic rings. The summed E-state index contributed by atoms with van der Waals surface area (Å²) in [6.45, 7) is 8.32. The molecule has 1 aliphatic heterocycles. The number of anilines is 1. The van der Waals surface area contributed by atoms with Gasteiger partial charge in [0.15, 0.2) is 0 Å². The molecule has 1 saturated heterocycles. The van der Waals surface area contributed by atoms with E-state index in [9.17, 15) is 24.3 Å². The smallest absolute Gasteiger partial charge is 0.341 e. The first-order valence-electron chi connectivity index (χ1n) is 12.4. The molecular formula is C26H32F2N4O3. The van der Waals surface area contributed by atoms with Crippen LogP contribution in [0.3, 0.4) is 0 Å². The summed E-state index contributed by atoms with van der Waals surface area (Å²) in [6, 6.07) is 2.38. The highest BCUT2D eigenvalue weighted by Gasteiger charge is 2.51. The minimum atomic E-state index is -1.47. The first-order chi connectivity index (χ1) is 16.7. The minimum absolute atomic E-state index is 0.0397. The number of benzene rings is 1. The van der Waals surface area contributed by atoms with Crippen molar-refractivity contribution in [1.29, 1.82) is 5.26 Å². The van der Waals surface area contributed by atoms with Crippen molar-refractivity contribution in [3.05, 3.63) is 39.4 Å². The summed E-state index contributed by atoms with van der Waals surface area (Å²) in [6.07, 6.45) is 4.30. The molecule has 2 saturated carbocycles. The number of carboxylic acid groups (broad SMARTS) is 1. The lowest BCUT2D eigenvalue weighted by Gasteiger charge is -2.26. The van der Waals surface area contributed by atoms with Crippen molar-refractivity contribution in [3.63, 3.8) is 0 Å². The monoisotopic (exact) mass is 486 g/mol. The van der Waals surface area contributed by atoms with Gasteiger partial charge in [0.25, 0.3) is 0 Å². The maximum absolute atomic E-state index is 15.4. The van der Waals surface area contributed by atoms with Crippen LogP contribution in [0.5, 0.6) is 0 Å². The number of fused-ring (bicyclic) bond motifs is 1. The second-order valence-electron chi connectivity index (χ2n) is 9.82. The maximum atomic E-state index is 15.4. The van der Waals surface area contributed by atoms with Gasteiger partial charge in [-0.05, 0) is 37.8 Å². The number of hydrogen-bond acceptors (Lipinski definition) is 5. The fraction of sp³-hybridized carbons (Fsp3) is 0.577. The predicted octanol–water partition coefficient (Wildman–Crippen LogP) is 4.38. The van der Waals surface area contributed by atoms with Crippen LogP contribution in [0.1, 0.15) is 74.8 Å². The Bertz CT molecular complexity index is 1250. The van der Waals surface area contributed by atoms with Gasteiger partial charge in [-0.25, -0.2) is 13.6 Å². The lowest BCUT2D eigenvalue weighted by Crippen LogP contribution is -2.40. The van der Waals surface area contributed by atoms with Gasteiger partial charge in [0.2, 0.25) is 5.43 Å². The fourth-order valence-corrected chi connectivity index (χ4v) is 5.38. The van der Waals surface area contributed by atoms with Crippen molar-refractivity contribution in [2.24, 2.45) is 5.92 Å². The summed E-state index contributed by atoms with van der Waals surface area (Å²) >= 11 is 0. The molecule has 2 heterocycles. The molecule has 2 unspecified atom stereocenters. The van der Waals surface area contributed by atoms with Crippen molar-refractivity contribution < 1.29 is 18.7 Å². The molecule has 188 valence electrons. The van der Waals surface area contributed by atoms with Gasteiger partial charge in [-0.15, -0.1) is 0 Å². The molecule has 3 aliphatic rings. The molecule has 3 fully saturated rings. The van der Waals surface area contributed by atoms with Gasteiger partial charge in [0.1, 0.15) is 29.2 Å². The van der Waals surface area contributed by atoms with Crippen molar-refractivity contribution in [2.75, 3.05) is 24.5 Å². The van der Waals surface area contributed by atoms with E-state index in [-0.39, 0.29) is 34.1 Å². The molecule has 0 bridgehead atoms. The fourth-order valence-electron chi connectivity index (χ4n) is 5.38. The van der Waals surface area contributed by atoms with Crippen molar-refractivity contribution >= 4 is 22.6 Å². The number of rotatable bonds is 6. The average molecular weight is 487 g/mol. The molecule has 2 N–H and O–H groups in total. The van der Waals surface area contributed by atoms with Crippen LogP contribution in [-0.2, 0) is 0 Å². The molecule has 5 rings (SSSR count). The normalized spacial score (nSPS) is 24.0. The Morgan fingerprint density at radius 3 is 2.51 bits per heavy atom. The number of nitrogens with one attached hydrogen (secondary N) is 1. The highest BCUT2D eigenvalue weighted by Crippen LogP contribution is 2.48. The summed E-state index contributed by atoms with van der Waals surface area (Å²) in [5.41, 5.74) is -1.18. The molecule has 3 atom stereocenters. The topological polar surface area (TPSA) is 98.4 Å². The van der Waals surface area contributed by atoms with E-state index in [2.05, 4.69) is 26.1 Å². The van der Waals surface area contributed by atoms with Crippen molar-refractivity contribution in [2.45, 2.75) is 70.6 Å². The molecule has 35 heavy (non-hydrogen) atoms. The highest BCUT2D eigenvalue weighted by molar-refractivity contribution is 5.96. The van der Waals surface area contributed by atoms with Crippen LogP contribution in [0.4, 0.5) is 14.5 Å². The van der Waals surface area contributed by atoms with Crippen LogP contribution < -0.4 is 15.6 Å². The number of hydrogen-bond donors (Lipinski definition) is 2. The highest BCUT2D eigenvalue weighted by atomic mass is 19.1. The van der Waals surface area contributed by atoms with Crippen LogP contribution >= 0.6 is 0 Å². The number of halogens is 2. The van der Waals surface area contributed by atoms with Crippen molar-refractivity contribution in [1.82, 2.24) is 9.88 Å². The van der Waals surface area contributed by atoms with Gasteiger partial charge in [-0.2, -0.15) is 5.26 Å². The van der Waals surface area contributed by atoms with E-state index in [0.29, 0.717) is 19.0 Å². The Kier molecular flexibility index (Phi) is 6.87. The zero-order valence-corrected chi connectivity index (χ0v) is 20.4. The molecular weight excluding hydrogens is 454 g/mol. The number of alkyl halides is 1. The van der Waals surface area contributed by atoms with Crippen LogP contribution in [0.15, 0.2) is 17.1 Å². The Balaban J connectivity index is 0.000000917. The van der Waals surface area contributed by atoms with E-state index >= 15 is 4.39 Å². The first-order valence-corrected chi connectivity index (χ1v) is 12.4. The summed E-state index contributed by atoms with van der Waals surface area (Å²) in [4.78, 5) is 26.2. The number of nitrogens with zero attached hydrogens (tertiary/aromatic N) is 3. The number of aromatic carboxylic acids is 1. The Morgan fingerprint density at radius 1 is 1.34 bits per heavy atom. The third-order valence-electron chi connectivity index (χ3n) is 7.23. The lowest BCUT2D eigenvalue weighted by molar-refractivity contribution is 0.0694. The molecule has 9 heteroatoms. The van der Waals surface area contributed by atoms with Gasteiger partial charge >= 0.3 is 5.97 Å². The van der Waals surface area contributed by atoms with Crippen molar-refractivity contribution in [3.8, 4) is 6.07 Å². The molecule has 0 radical (unpaired) electrons. The molecule has 0 amide bonds. The Hall–Kier alpha value is -2.99. The van der Waals surface area contributed by atoms with Crippen LogP contribution in [0, 0.1) is 23.1 Å². The van der Waals surface area contributed by atoms with E-state index in [1.807, 2.05) is 11.0 Å². The second-order valence-corrected chi connectivity index (χ2v) is 9.82. The van der Waals surface area contributed by atoms with Crippen LogP contribution in [-0.4, -0.2) is 47.0 Å². The minimum Gasteiger partial charge on any atom is -0.477 e. The molecule has 7 nitrogen and oxygen atoms in total. The number of carbonyl (C=O) groups is 1. The first kappa shape index (κ1) is 25.1. The summed E-state index contributed by atoms with van der Waals surface area (Å²) in [7, 11) is 0. The van der Waals surface area contributed by atoms with Crippen LogP contribution in [0.2, 0.25) is 0 Å². The Labute approximate surface area is 203 Å². The molecule has 1 aromatic carbocycles. The molecule has 0 spiro atoms. The van der Waals surface area contributed by atoms with Gasteiger partial charge in [-0.1, -0.05) is 27.2 Å². The number of nitriles is 1. The Morgan fingerprint density at radius 2 is 2.00 bits per heavy atom. The zero-order valence-electron chi connectivity index (χ0n) is 20.4. The molecule has 2 aliphatic carbocycles. The number of pyridine rings is 1. The SMILES string of the molecule is CCC.CCNC1(C2CCN(c3c(F)cc4c(=O)c(C(=O)O)cn([C@@H]5CC5F)c4c3C#N)C2)CC1. The largest absolute Gasteiger partial charge is 0.477 e. The van der Waals surface area contributed by atoms with Gasteiger partial charge < -0.3 is 19.9 Å². The third kappa shape index (κ3) is 4.40. The third-order valence-corrected chi connectivity index (χ3v) is 7.23. The average Bonchev–Trinajstić information content (AvgIpc) is 3.70. The van der Waals surface area contributed by atoms with Gasteiger partial charge in [0.05, 0.1) is 22.6 Å². The predicted molar refractivity (Wildman–Crippen MR) is 130 cm³/mol. The maximum Gasteiger partial charge on any atom is 0.341 e.